The molecule has 1 rings (SSSR count). The summed E-state index contributed by atoms with van der Waals surface area (Å²) in [4.78, 5) is 0. The van der Waals surface area contributed by atoms with E-state index in [-0.39, 0.29) is 0 Å². The van der Waals surface area contributed by atoms with Gasteiger partial charge in [-0.1, -0.05) is 0 Å². The number of thiol groups is 1. The van der Waals surface area contributed by atoms with Gasteiger partial charge in [0.1, 0.15) is 0 Å². The second-order valence-corrected chi connectivity index (χ2v) is 8.55. The van der Waals surface area contributed by atoms with Gasteiger partial charge in [-0.15, -0.1) is 0 Å². The second kappa shape index (κ2) is 5.04. The molecular formula is C7H8AsOS2. The summed E-state index contributed by atoms with van der Waals surface area (Å²) in [6.07, 6.45) is 0. The van der Waals surface area contributed by atoms with Crippen LogP contribution in [0.5, 0.6) is 0 Å². The first kappa shape index (κ1) is 9.40. The molecule has 11 heavy (non-hydrogen) atoms. The van der Waals surface area contributed by atoms with Crippen molar-refractivity contribution in [1.29, 1.82) is 0 Å². The first-order valence-electron chi connectivity index (χ1n) is 3.12. The van der Waals surface area contributed by atoms with Crippen LogP contribution in [0.2, 0.25) is 0 Å². The Morgan fingerprint density at radius 3 is 2.55 bits per heavy atom. The molecule has 1 radical (unpaired) electrons. The van der Waals surface area contributed by atoms with Gasteiger partial charge in [-0.25, -0.2) is 0 Å². The molecule has 1 unspecified atom stereocenters. The van der Waals surface area contributed by atoms with E-state index < -0.39 is 12.2 Å². The summed E-state index contributed by atoms with van der Waals surface area (Å²) in [5, 5.41) is 0. The summed E-state index contributed by atoms with van der Waals surface area (Å²) < 4.78 is 5.25. The Hall–Kier alpha value is 0.308. The summed E-state index contributed by atoms with van der Waals surface area (Å²) >= 11 is -1.62. The maximum absolute atomic E-state index is 5.25. The molecule has 0 aliphatic rings. The van der Waals surface area contributed by atoms with Crippen LogP contribution in [0.3, 0.4) is 0 Å². The molecule has 0 N–H and O–H groups in total. The molecular weight excluding hydrogens is 239 g/mol. The van der Waals surface area contributed by atoms with Crippen LogP contribution < -0.4 is 0 Å². The quantitative estimate of drug-likeness (QED) is 0.648. The molecule has 0 saturated carbocycles. The Kier molecular flexibility index (Phi) is 4.31. The Bertz CT molecular complexity index is 237. The van der Waals surface area contributed by atoms with E-state index in [0.717, 1.165) is 5.56 Å². The SMILES string of the molecule is S=[As](S)OCc1ccccc1. The summed E-state index contributed by atoms with van der Waals surface area (Å²) in [5.41, 5.74) is 1.16. The van der Waals surface area contributed by atoms with Gasteiger partial charge in [0, 0.05) is 0 Å². The molecule has 0 aromatic heterocycles. The van der Waals surface area contributed by atoms with Gasteiger partial charge in [-0.05, 0) is 0 Å². The first-order valence-corrected chi connectivity index (χ1v) is 9.47. The van der Waals surface area contributed by atoms with Crippen molar-refractivity contribution in [3.05, 3.63) is 35.9 Å². The van der Waals surface area contributed by atoms with Gasteiger partial charge in [-0.3, -0.25) is 0 Å². The van der Waals surface area contributed by atoms with Crippen LogP contribution in [0.25, 0.3) is 0 Å². The summed E-state index contributed by atoms with van der Waals surface area (Å²) in [6.45, 7) is 0.605. The standard InChI is InChI=1S/C7H8AsOS2/c10-8(11)9-6-7-4-2-1-3-5-7/h1-5H,6H2,(H,10,11). The minimum atomic E-state index is -1.62. The van der Waals surface area contributed by atoms with Gasteiger partial charge in [0.05, 0.1) is 0 Å². The monoisotopic (exact) mass is 247 g/mol. The molecule has 0 fully saturated rings. The van der Waals surface area contributed by atoms with Gasteiger partial charge >= 0.3 is 79.7 Å². The molecule has 1 atom stereocenters. The van der Waals surface area contributed by atoms with Gasteiger partial charge in [-0.2, -0.15) is 0 Å². The van der Waals surface area contributed by atoms with E-state index in [0.29, 0.717) is 6.61 Å². The minimum absolute atomic E-state index is 0.605. The molecule has 0 aliphatic carbocycles. The van der Waals surface area contributed by atoms with Crippen molar-refractivity contribution in [2.75, 3.05) is 0 Å². The average Bonchev–Trinajstić information content (AvgIpc) is 2.03. The molecule has 0 amide bonds. The van der Waals surface area contributed by atoms with Crippen LogP contribution in [0.15, 0.2) is 30.3 Å². The molecule has 59 valence electrons. The van der Waals surface area contributed by atoms with Crippen LogP contribution in [0.4, 0.5) is 0 Å². The predicted octanol–water partition coefficient (Wildman–Crippen LogP) is 2.32. The Balaban J connectivity index is 2.45. The molecule has 0 heterocycles. The number of hydrogen-bond donors (Lipinski definition) is 1. The Labute approximate surface area is 79.5 Å². The van der Waals surface area contributed by atoms with E-state index in [4.69, 9.17) is 14.1 Å². The van der Waals surface area contributed by atoms with E-state index in [1.807, 2.05) is 30.3 Å². The molecule has 1 nitrogen and oxygen atoms in total. The molecule has 1 aromatic rings. The van der Waals surface area contributed by atoms with Gasteiger partial charge in [0.2, 0.25) is 0 Å². The van der Waals surface area contributed by atoms with Crippen molar-refractivity contribution in [2.24, 2.45) is 0 Å². The van der Waals surface area contributed by atoms with Crippen molar-refractivity contribution >= 4 is 33.4 Å². The average molecular weight is 247 g/mol. The first-order chi connectivity index (χ1) is 5.29. The van der Waals surface area contributed by atoms with E-state index in [2.05, 4.69) is 10.9 Å². The fourth-order valence-corrected chi connectivity index (χ4v) is 1.82. The molecule has 4 heteroatoms. The van der Waals surface area contributed by atoms with Crippen LogP contribution in [-0.4, -0.2) is 12.2 Å². The van der Waals surface area contributed by atoms with Gasteiger partial charge in [0.25, 0.3) is 0 Å². The Morgan fingerprint density at radius 1 is 1.36 bits per heavy atom. The second-order valence-electron chi connectivity index (χ2n) is 2.00. The normalized spacial score (nSPS) is 11.2. The van der Waals surface area contributed by atoms with Crippen LogP contribution in [0, 0.1) is 0 Å². The predicted molar refractivity (Wildman–Crippen MR) is 53.6 cm³/mol. The van der Waals surface area contributed by atoms with Gasteiger partial charge < -0.3 is 0 Å². The molecule has 0 spiro atoms. The topological polar surface area (TPSA) is 9.23 Å². The van der Waals surface area contributed by atoms with Crippen molar-refractivity contribution in [1.82, 2.24) is 0 Å². The van der Waals surface area contributed by atoms with Crippen molar-refractivity contribution in [3.8, 4) is 0 Å². The number of hydrogen-bond acceptors (Lipinski definition) is 2. The fraction of sp³-hybridized carbons (Fsp3) is 0.143. The van der Waals surface area contributed by atoms with Crippen LogP contribution in [-0.2, 0) is 10.3 Å². The van der Waals surface area contributed by atoms with Crippen LogP contribution >= 0.6 is 21.3 Å². The molecule has 1 aromatic carbocycles. The van der Waals surface area contributed by atoms with E-state index in [1.165, 1.54) is 0 Å². The van der Waals surface area contributed by atoms with Crippen molar-refractivity contribution < 1.29 is 3.73 Å². The molecule has 0 saturated heterocycles. The summed E-state index contributed by atoms with van der Waals surface area (Å²) in [6, 6.07) is 9.98. The third-order valence-electron chi connectivity index (χ3n) is 1.18. The fourth-order valence-electron chi connectivity index (χ4n) is 0.704. The number of benzene rings is 1. The maximum atomic E-state index is 5.25. The number of rotatable bonds is 3. The van der Waals surface area contributed by atoms with E-state index in [1.54, 1.807) is 0 Å². The molecule has 0 aliphatic heterocycles. The van der Waals surface area contributed by atoms with Crippen molar-refractivity contribution in [3.63, 3.8) is 0 Å². The zero-order chi connectivity index (χ0) is 8.10. The molecule has 0 bridgehead atoms. The third kappa shape index (κ3) is 4.02. The third-order valence-corrected chi connectivity index (χ3v) is 3.07. The summed E-state index contributed by atoms with van der Waals surface area (Å²) in [7, 11) is 8.93. The zero-order valence-corrected chi connectivity index (χ0v) is 9.39. The van der Waals surface area contributed by atoms with Crippen LogP contribution in [0.1, 0.15) is 5.56 Å². The zero-order valence-electron chi connectivity index (χ0n) is 5.80. The van der Waals surface area contributed by atoms with Gasteiger partial charge in [0.15, 0.2) is 0 Å². The Morgan fingerprint density at radius 2 is 2.00 bits per heavy atom. The van der Waals surface area contributed by atoms with E-state index in [9.17, 15) is 0 Å². The summed E-state index contributed by atoms with van der Waals surface area (Å²) in [5.74, 6) is 0. The van der Waals surface area contributed by atoms with Crippen molar-refractivity contribution in [2.45, 2.75) is 6.61 Å². The van der Waals surface area contributed by atoms with E-state index >= 15 is 0 Å².